The molecule has 1 aliphatic rings. The van der Waals surface area contributed by atoms with Crippen molar-refractivity contribution >= 4 is 13.7 Å². The van der Waals surface area contributed by atoms with Crippen molar-refractivity contribution in [3.63, 3.8) is 0 Å². The number of amides is 1. The molecule has 1 heterocycles. The van der Waals surface area contributed by atoms with E-state index in [1.54, 1.807) is 18.1 Å². The fraction of sp³-hybridized carbons (Fsp3) is 0.471. The number of ether oxygens (including phenoxy) is 2. The first-order valence-electron chi connectivity index (χ1n) is 7.89. The maximum Gasteiger partial charge on any atom is 0.411 e. The van der Waals surface area contributed by atoms with Crippen molar-refractivity contribution in [1.29, 1.82) is 0 Å². The number of carbonyl (C=O) groups excluding carboxylic acids is 1. The summed E-state index contributed by atoms with van der Waals surface area (Å²) in [5.41, 5.74) is 0.939. The number of methoxy groups -OCH3 is 1. The fourth-order valence-electron chi connectivity index (χ4n) is 2.76. The molecule has 2 rings (SSSR count). The van der Waals surface area contributed by atoms with Crippen LogP contribution in [0.1, 0.15) is 12.0 Å². The maximum atomic E-state index is 12.3. The largest absolute Gasteiger partial charge is 0.497 e. The molecule has 0 unspecified atom stereocenters. The quantitative estimate of drug-likeness (QED) is 0.490. The van der Waals surface area contributed by atoms with Crippen LogP contribution in [0.2, 0.25) is 0 Å². The van der Waals surface area contributed by atoms with Gasteiger partial charge in [0.05, 0.1) is 19.3 Å². The highest BCUT2D eigenvalue weighted by Crippen LogP contribution is 2.47. The zero-order chi connectivity index (χ0) is 18.4. The van der Waals surface area contributed by atoms with Crippen molar-refractivity contribution in [3.8, 4) is 5.75 Å². The number of cyclic esters (lactones) is 1. The molecule has 2 atom stereocenters. The van der Waals surface area contributed by atoms with Gasteiger partial charge < -0.3 is 18.5 Å². The summed E-state index contributed by atoms with van der Waals surface area (Å²) in [5, 5.41) is 0. The monoisotopic (exact) mass is 369 g/mol. The van der Waals surface area contributed by atoms with Gasteiger partial charge in [-0.1, -0.05) is 18.7 Å². The molecule has 1 saturated heterocycles. The van der Waals surface area contributed by atoms with E-state index in [-0.39, 0.29) is 12.2 Å². The standard InChI is InChI=1S/C17H24NO6P/c1-5-16-15(10-11-25(20,22-3)23-4)18(17(19)24-16)12-13-6-8-14(21-2)9-7-13/h5-9,15-16H,1,10-12H2,2-4H3/t15-,16+/m0/s1. The molecule has 0 radical (unpaired) electrons. The van der Waals surface area contributed by atoms with Gasteiger partial charge in [0.2, 0.25) is 0 Å². The second-order valence-electron chi connectivity index (χ2n) is 5.62. The summed E-state index contributed by atoms with van der Waals surface area (Å²) in [6.07, 6.45) is 1.30. The lowest BCUT2D eigenvalue weighted by atomic mass is 10.1. The molecule has 7 nitrogen and oxygen atoms in total. The minimum absolute atomic E-state index is 0.185. The summed E-state index contributed by atoms with van der Waals surface area (Å²) < 4.78 is 32.7. The minimum atomic E-state index is -3.15. The Hall–Kier alpha value is -1.82. The van der Waals surface area contributed by atoms with Crippen molar-refractivity contribution in [2.45, 2.75) is 25.1 Å². The first-order valence-corrected chi connectivity index (χ1v) is 9.62. The van der Waals surface area contributed by atoms with E-state index in [0.717, 1.165) is 11.3 Å². The molecule has 1 aromatic rings. The Morgan fingerprint density at radius 3 is 2.40 bits per heavy atom. The van der Waals surface area contributed by atoms with Crippen LogP contribution in [0, 0.1) is 0 Å². The average molecular weight is 369 g/mol. The number of carbonyl (C=O) groups is 1. The second-order valence-corrected chi connectivity index (χ2v) is 8.02. The molecule has 25 heavy (non-hydrogen) atoms. The number of nitrogens with zero attached hydrogens (tertiary/aromatic N) is 1. The smallest absolute Gasteiger partial charge is 0.411 e. The van der Waals surface area contributed by atoms with E-state index < -0.39 is 19.8 Å². The van der Waals surface area contributed by atoms with Gasteiger partial charge in [0, 0.05) is 20.8 Å². The molecule has 138 valence electrons. The second kappa shape index (κ2) is 8.52. The topological polar surface area (TPSA) is 74.3 Å². The van der Waals surface area contributed by atoms with Crippen LogP contribution < -0.4 is 4.74 Å². The van der Waals surface area contributed by atoms with Crippen molar-refractivity contribution in [2.24, 2.45) is 0 Å². The lowest BCUT2D eigenvalue weighted by Crippen LogP contribution is -2.36. The third-order valence-corrected chi connectivity index (χ3v) is 6.17. The van der Waals surface area contributed by atoms with Crippen LogP contribution in [-0.4, -0.2) is 50.6 Å². The normalized spacial score (nSPS) is 20.4. The van der Waals surface area contributed by atoms with Gasteiger partial charge in [0.15, 0.2) is 0 Å². The molecule has 8 heteroatoms. The zero-order valence-electron chi connectivity index (χ0n) is 14.7. The van der Waals surface area contributed by atoms with Gasteiger partial charge in [-0.15, -0.1) is 0 Å². The highest BCUT2D eigenvalue weighted by atomic mass is 31.2. The van der Waals surface area contributed by atoms with Crippen LogP contribution in [0.3, 0.4) is 0 Å². The van der Waals surface area contributed by atoms with Crippen LogP contribution in [-0.2, 0) is 24.9 Å². The van der Waals surface area contributed by atoms with E-state index in [9.17, 15) is 9.36 Å². The molecular weight excluding hydrogens is 345 g/mol. The Labute approximate surface area is 148 Å². The molecule has 1 aromatic carbocycles. The molecule has 0 aromatic heterocycles. The van der Waals surface area contributed by atoms with Gasteiger partial charge in [0.1, 0.15) is 11.9 Å². The summed E-state index contributed by atoms with van der Waals surface area (Å²) in [4.78, 5) is 13.9. The van der Waals surface area contributed by atoms with E-state index in [2.05, 4.69) is 6.58 Å². The van der Waals surface area contributed by atoms with Crippen LogP contribution in [0.15, 0.2) is 36.9 Å². The van der Waals surface area contributed by atoms with Gasteiger partial charge in [-0.3, -0.25) is 9.46 Å². The lowest BCUT2D eigenvalue weighted by molar-refractivity contribution is 0.144. The molecule has 0 aliphatic carbocycles. The van der Waals surface area contributed by atoms with Crippen LogP contribution >= 0.6 is 7.60 Å². The third kappa shape index (κ3) is 4.63. The lowest BCUT2D eigenvalue weighted by Gasteiger charge is -2.25. The molecule has 1 amide bonds. The van der Waals surface area contributed by atoms with E-state index in [4.69, 9.17) is 18.5 Å². The summed E-state index contributed by atoms with van der Waals surface area (Å²) in [7, 11) is 1.14. The average Bonchev–Trinajstić information content (AvgIpc) is 2.95. The zero-order valence-corrected chi connectivity index (χ0v) is 15.6. The number of hydrogen-bond donors (Lipinski definition) is 0. The summed E-state index contributed by atoms with van der Waals surface area (Å²) in [5.74, 6) is 0.745. The Morgan fingerprint density at radius 2 is 1.88 bits per heavy atom. The van der Waals surface area contributed by atoms with Gasteiger partial charge in [-0.05, 0) is 30.2 Å². The molecule has 0 N–H and O–H groups in total. The number of hydrogen-bond acceptors (Lipinski definition) is 6. The predicted octanol–water partition coefficient (Wildman–Crippen LogP) is 3.45. The minimum Gasteiger partial charge on any atom is -0.497 e. The van der Waals surface area contributed by atoms with Crippen molar-refractivity contribution in [3.05, 3.63) is 42.5 Å². The fourth-order valence-corrected chi connectivity index (χ4v) is 3.85. The van der Waals surface area contributed by atoms with Crippen molar-refractivity contribution in [2.75, 3.05) is 27.5 Å². The van der Waals surface area contributed by atoms with Gasteiger partial charge in [-0.25, -0.2) is 4.79 Å². The summed E-state index contributed by atoms with van der Waals surface area (Å²) in [6.45, 7) is 4.10. The van der Waals surface area contributed by atoms with Crippen molar-refractivity contribution in [1.82, 2.24) is 4.90 Å². The molecule has 0 spiro atoms. The Kier molecular flexibility index (Phi) is 6.64. The number of benzene rings is 1. The molecule has 1 fully saturated rings. The van der Waals surface area contributed by atoms with E-state index in [0.29, 0.717) is 13.0 Å². The Balaban J connectivity index is 2.13. The van der Waals surface area contributed by atoms with E-state index in [1.807, 2.05) is 24.3 Å². The first-order chi connectivity index (χ1) is 12.0. The molecule has 1 aliphatic heterocycles. The van der Waals surface area contributed by atoms with Crippen molar-refractivity contribution < 1.29 is 27.9 Å². The predicted molar refractivity (Wildman–Crippen MR) is 93.9 cm³/mol. The SMILES string of the molecule is C=C[C@H]1OC(=O)N(Cc2ccc(OC)cc2)[C@H]1CCP(=O)(OC)OC. The van der Waals surface area contributed by atoms with Gasteiger partial charge in [-0.2, -0.15) is 0 Å². The highest BCUT2D eigenvalue weighted by molar-refractivity contribution is 7.53. The molecule has 0 saturated carbocycles. The van der Waals surface area contributed by atoms with Crippen LogP contribution in [0.25, 0.3) is 0 Å². The van der Waals surface area contributed by atoms with E-state index in [1.165, 1.54) is 14.2 Å². The third-order valence-electron chi connectivity index (χ3n) is 4.25. The Morgan fingerprint density at radius 1 is 1.24 bits per heavy atom. The maximum absolute atomic E-state index is 12.3. The van der Waals surface area contributed by atoms with Gasteiger partial charge in [0.25, 0.3) is 0 Å². The molecular formula is C17H24NO6P. The molecule has 0 bridgehead atoms. The van der Waals surface area contributed by atoms with Crippen LogP contribution in [0.5, 0.6) is 5.75 Å². The first kappa shape index (κ1) is 19.5. The van der Waals surface area contributed by atoms with E-state index >= 15 is 0 Å². The van der Waals surface area contributed by atoms with Crippen LogP contribution in [0.4, 0.5) is 4.79 Å². The number of rotatable bonds is 9. The summed E-state index contributed by atoms with van der Waals surface area (Å²) in [6, 6.07) is 7.16. The summed E-state index contributed by atoms with van der Waals surface area (Å²) >= 11 is 0. The van der Waals surface area contributed by atoms with Gasteiger partial charge >= 0.3 is 13.7 Å². The Bertz CT molecular complexity index is 639. The highest BCUT2D eigenvalue weighted by Gasteiger charge is 2.41.